The number of nitrogens with one attached hydrogen (secondary N) is 1. The molecule has 0 unspecified atom stereocenters. The number of carbonyl (C=O) groups is 2. The van der Waals surface area contributed by atoms with Gasteiger partial charge < -0.3 is 15.8 Å². The molecule has 0 spiro atoms. The predicted octanol–water partition coefficient (Wildman–Crippen LogP) is 8.38. The summed E-state index contributed by atoms with van der Waals surface area (Å²) in [7, 11) is -4.35. The second-order valence-electron chi connectivity index (χ2n) is 14.1. The van der Waals surface area contributed by atoms with E-state index in [0.29, 0.717) is 31.3 Å². The van der Waals surface area contributed by atoms with Crippen molar-refractivity contribution in [2.45, 2.75) is 115 Å². The molecule has 2 aliphatic carbocycles. The number of halogens is 2. The lowest BCUT2D eigenvalue weighted by Crippen LogP contribution is -2.18. The lowest BCUT2D eigenvalue weighted by atomic mass is 9.80. The number of ether oxygens (including phenoxy) is 1. The highest BCUT2D eigenvalue weighted by atomic mass is 32.2. The molecule has 0 bridgehead atoms. The first kappa shape index (κ1) is 45.2. The summed E-state index contributed by atoms with van der Waals surface area (Å²) in [5.74, 6) is -0.586. The van der Waals surface area contributed by atoms with Crippen LogP contribution in [0.15, 0.2) is 105 Å². The van der Waals surface area contributed by atoms with E-state index in [9.17, 15) is 35.2 Å². The van der Waals surface area contributed by atoms with Crippen molar-refractivity contribution in [3.8, 4) is 0 Å². The van der Waals surface area contributed by atoms with Gasteiger partial charge in [0.2, 0.25) is 25.6 Å². The van der Waals surface area contributed by atoms with E-state index in [1.54, 1.807) is 38.2 Å². The van der Waals surface area contributed by atoms with Gasteiger partial charge in [-0.05, 0) is 173 Å². The van der Waals surface area contributed by atoms with Crippen molar-refractivity contribution in [1.29, 1.82) is 0 Å². The van der Waals surface area contributed by atoms with Gasteiger partial charge in [-0.1, -0.05) is 24.3 Å². The van der Waals surface area contributed by atoms with Crippen molar-refractivity contribution in [2.24, 2.45) is 5.73 Å². The first-order chi connectivity index (χ1) is 27.3. The fraction of sp³-hybridized carbons (Fsp3) is 0.409. The van der Waals surface area contributed by atoms with Crippen LogP contribution in [0.4, 0.5) is 8.78 Å². The molecule has 308 valence electrons. The summed E-state index contributed by atoms with van der Waals surface area (Å²) in [5.41, 5.74) is 8.91. The van der Waals surface area contributed by atoms with E-state index in [-0.39, 0.29) is 31.5 Å². The third-order valence-electron chi connectivity index (χ3n) is 10.4. The minimum Gasteiger partial charge on any atom is -0.466 e. The summed E-state index contributed by atoms with van der Waals surface area (Å²) in [4.78, 5) is 23.3. The predicted molar refractivity (Wildman–Crippen MR) is 216 cm³/mol. The molecule has 0 saturated heterocycles. The largest absolute Gasteiger partial charge is 0.466 e. The number of nitrogens with two attached hydrogens (primary N) is 1. The Balaban J connectivity index is 0.000000242. The Morgan fingerprint density at radius 3 is 1.54 bits per heavy atom. The van der Waals surface area contributed by atoms with Gasteiger partial charge in [0.15, 0.2) is 0 Å². The smallest absolute Gasteiger partial charge is 0.305 e. The van der Waals surface area contributed by atoms with Gasteiger partial charge in [0.1, 0.15) is 11.6 Å². The highest BCUT2D eigenvalue weighted by Gasteiger charge is 2.26. The summed E-state index contributed by atoms with van der Waals surface area (Å²) in [6, 6.07) is 20.7. The molecule has 57 heavy (non-hydrogen) atoms. The van der Waals surface area contributed by atoms with Gasteiger partial charge in [0.25, 0.3) is 0 Å². The number of carbonyl (C=O) groups excluding carboxylic acids is 2. The maximum absolute atomic E-state index is 13.5. The van der Waals surface area contributed by atoms with Crippen LogP contribution in [0.25, 0.3) is 0 Å². The lowest BCUT2D eigenvalue weighted by molar-refractivity contribution is -0.143. The second-order valence-corrected chi connectivity index (χ2v) is 18.0. The average Bonchev–Trinajstić information content (AvgIpc) is 3.21. The lowest BCUT2D eigenvalue weighted by Gasteiger charge is -2.26. The van der Waals surface area contributed by atoms with Crippen LogP contribution in [-0.4, -0.2) is 49.4 Å². The molecule has 0 heterocycles. The summed E-state index contributed by atoms with van der Waals surface area (Å²) in [5, 5.41) is 2.63. The molecule has 1 amide bonds. The molecule has 0 fully saturated rings. The number of sulfone groups is 2. The molecule has 0 radical (unpaired) electrons. The SMILES string of the molecule is CCOC(=O)CCC[C@@H]1CCCc2cc(S(=O)(=O)c3cccc(F)c3)ccc21.CN.CNC(=O)CCC[C@@H]1CCCc2cc(S(=O)(=O)c3cccc(F)c3)ccc21. The maximum atomic E-state index is 13.5. The molecular formula is C44H54F2N2O7S2. The van der Waals surface area contributed by atoms with Crippen LogP contribution < -0.4 is 11.1 Å². The number of benzene rings is 4. The standard InChI is InChI=1S/C22H25FO4S.C21H24FNO3S.CH5N/c1-2-27-22(24)11-4-7-16-6-3-8-17-14-20(12-13-21(16)17)28(25,26)19-10-5-9-18(23)15-19;1-23-21(24)10-3-6-15-5-2-7-16-13-19(11-12-20(15)16)27(25,26)18-9-4-8-17(22)14-18;1-2/h5,9-10,12-16H,2-4,6-8,11H2,1H3;4,8-9,11-15H,2-3,5-7,10H2,1H3,(H,23,24);2H2,1H3/t16-;15-;/m00./s1. The Morgan fingerprint density at radius 2 is 1.12 bits per heavy atom. The number of rotatable bonds is 13. The van der Waals surface area contributed by atoms with E-state index in [2.05, 4.69) is 11.1 Å². The van der Waals surface area contributed by atoms with Crippen LogP contribution in [0.3, 0.4) is 0 Å². The van der Waals surface area contributed by atoms with Crippen molar-refractivity contribution >= 4 is 31.6 Å². The first-order valence-electron chi connectivity index (χ1n) is 19.5. The second kappa shape index (κ2) is 21.3. The summed E-state index contributed by atoms with van der Waals surface area (Å²) in [6.45, 7) is 2.19. The van der Waals surface area contributed by atoms with Crippen LogP contribution in [0.2, 0.25) is 0 Å². The minimum absolute atomic E-state index is 0.0274. The highest BCUT2D eigenvalue weighted by Crippen LogP contribution is 2.38. The Kier molecular flexibility index (Phi) is 16.9. The van der Waals surface area contributed by atoms with E-state index in [4.69, 9.17) is 4.74 Å². The first-order valence-corrected chi connectivity index (χ1v) is 22.5. The van der Waals surface area contributed by atoms with Crippen LogP contribution in [-0.2, 0) is 46.8 Å². The van der Waals surface area contributed by atoms with Crippen molar-refractivity contribution < 1.29 is 39.9 Å². The van der Waals surface area contributed by atoms with Gasteiger partial charge in [-0.2, -0.15) is 0 Å². The van der Waals surface area contributed by atoms with Gasteiger partial charge in [0.05, 0.1) is 26.2 Å². The summed E-state index contributed by atoms with van der Waals surface area (Å²) >= 11 is 0. The van der Waals surface area contributed by atoms with Crippen LogP contribution in [0.1, 0.15) is 105 Å². The maximum Gasteiger partial charge on any atom is 0.305 e. The van der Waals surface area contributed by atoms with Gasteiger partial charge >= 0.3 is 5.97 Å². The number of hydrogen-bond donors (Lipinski definition) is 2. The zero-order chi connectivity index (χ0) is 41.6. The molecule has 2 aliphatic rings. The fourth-order valence-corrected chi connectivity index (χ4v) is 10.3. The van der Waals surface area contributed by atoms with Crippen LogP contribution in [0, 0.1) is 11.6 Å². The molecule has 3 N–H and O–H groups in total. The van der Waals surface area contributed by atoms with Crippen molar-refractivity contribution in [3.05, 3.63) is 119 Å². The van der Waals surface area contributed by atoms with E-state index in [1.807, 2.05) is 12.1 Å². The summed E-state index contributed by atoms with van der Waals surface area (Å²) in [6.07, 6.45) is 10.0. The normalized spacial score (nSPS) is 16.0. The molecule has 0 saturated carbocycles. The Bertz CT molecular complexity index is 2210. The highest BCUT2D eigenvalue weighted by molar-refractivity contribution is 7.91. The monoisotopic (exact) mass is 824 g/mol. The van der Waals surface area contributed by atoms with E-state index in [0.717, 1.165) is 93.0 Å². The molecule has 0 aromatic heterocycles. The van der Waals surface area contributed by atoms with Crippen LogP contribution in [0.5, 0.6) is 0 Å². The van der Waals surface area contributed by atoms with Crippen molar-refractivity contribution in [3.63, 3.8) is 0 Å². The Hall–Kier alpha value is -4.46. The third-order valence-corrected chi connectivity index (χ3v) is 13.9. The number of fused-ring (bicyclic) bond motifs is 2. The number of amides is 1. The number of esters is 1. The molecule has 0 aliphatic heterocycles. The van der Waals surface area contributed by atoms with Crippen LogP contribution >= 0.6 is 0 Å². The van der Waals surface area contributed by atoms with Gasteiger partial charge in [-0.3, -0.25) is 9.59 Å². The molecule has 4 aromatic rings. The topological polar surface area (TPSA) is 150 Å². The van der Waals surface area contributed by atoms with Crippen molar-refractivity contribution in [1.82, 2.24) is 5.32 Å². The quantitative estimate of drug-likeness (QED) is 0.128. The van der Waals surface area contributed by atoms with Gasteiger partial charge in [0, 0.05) is 19.9 Å². The zero-order valence-electron chi connectivity index (χ0n) is 32.9. The Labute approximate surface area is 336 Å². The van der Waals surface area contributed by atoms with E-state index < -0.39 is 31.3 Å². The van der Waals surface area contributed by atoms with E-state index in [1.165, 1.54) is 49.0 Å². The average molecular weight is 825 g/mol. The number of hydrogen-bond acceptors (Lipinski definition) is 8. The molecule has 6 rings (SSSR count). The molecule has 13 heteroatoms. The fourth-order valence-electron chi connectivity index (χ4n) is 7.62. The van der Waals surface area contributed by atoms with Gasteiger partial charge in [-0.25, -0.2) is 25.6 Å². The Morgan fingerprint density at radius 1 is 0.684 bits per heavy atom. The molecule has 4 aromatic carbocycles. The zero-order valence-corrected chi connectivity index (χ0v) is 34.6. The number of aryl methyl sites for hydroxylation is 2. The molecule has 9 nitrogen and oxygen atoms in total. The molecule has 2 atom stereocenters. The minimum atomic E-state index is -3.75. The third kappa shape index (κ3) is 12.0. The van der Waals surface area contributed by atoms with E-state index >= 15 is 0 Å². The molecular weight excluding hydrogens is 771 g/mol. The summed E-state index contributed by atoms with van der Waals surface area (Å²) < 4.78 is 83.2. The van der Waals surface area contributed by atoms with Crippen molar-refractivity contribution in [2.75, 3.05) is 20.7 Å². The van der Waals surface area contributed by atoms with Gasteiger partial charge in [-0.15, -0.1) is 0 Å².